The number of aliphatic hydroxyl groups excluding tert-OH is 2. The van der Waals surface area contributed by atoms with Crippen LogP contribution < -0.4 is 9.64 Å². The zero-order valence-electron chi connectivity index (χ0n) is 17.7. The quantitative estimate of drug-likeness (QED) is 0.539. The van der Waals surface area contributed by atoms with Gasteiger partial charge in [-0.05, 0) is 24.1 Å². The van der Waals surface area contributed by atoms with Crippen molar-refractivity contribution in [2.24, 2.45) is 0 Å². The van der Waals surface area contributed by atoms with Crippen LogP contribution in [0.15, 0.2) is 30.3 Å². The van der Waals surface area contributed by atoms with Crippen LogP contribution in [-0.4, -0.2) is 71.0 Å². The molecule has 1 aromatic heterocycles. The van der Waals surface area contributed by atoms with Crippen molar-refractivity contribution in [3.05, 3.63) is 42.0 Å². The van der Waals surface area contributed by atoms with Crippen LogP contribution in [-0.2, 0) is 4.74 Å². The molecule has 7 nitrogen and oxygen atoms in total. The summed E-state index contributed by atoms with van der Waals surface area (Å²) in [7, 11) is 0. The molecule has 4 unspecified atom stereocenters. The van der Waals surface area contributed by atoms with E-state index in [1.54, 1.807) is 24.3 Å². The Morgan fingerprint density at radius 2 is 2.03 bits per heavy atom. The molecule has 0 spiro atoms. The van der Waals surface area contributed by atoms with Gasteiger partial charge in [-0.25, -0.2) is 13.2 Å². The number of H-pyrrole nitrogens is 1. The lowest BCUT2D eigenvalue weighted by Crippen LogP contribution is -2.45. The molecule has 3 N–H and O–H groups in total. The largest absolute Gasteiger partial charge is 0.459 e. The van der Waals surface area contributed by atoms with Gasteiger partial charge in [0.1, 0.15) is 29.7 Å². The number of fused-ring (bicyclic) bond motifs is 1. The SMILES string of the molecule is OCC1OCC(Oc2nc3c(F)c(-c4ccc(N5CCC(F)C5)cc4)c(F)cc3[nH]2)CC1O. The van der Waals surface area contributed by atoms with E-state index in [2.05, 4.69) is 9.97 Å². The maximum atomic E-state index is 15.3. The minimum atomic E-state index is -0.904. The Labute approximate surface area is 187 Å². The van der Waals surface area contributed by atoms with Gasteiger partial charge in [-0.3, -0.25) is 0 Å². The van der Waals surface area contributed by atoms with Gasteiger partial charge in [0.25, 0.3) is 6.01 Å². The number of benzene rings is 2. The number of aliphatic hydroxyl groups is 2. The van der Waals surface area contributed by atoms with Crippen molar-refractivity contribution in [1.29, 1.82) is 0 Å². The highest BCUT2D eigenvalue weighted by Crippen LogP contribution is 2.34. The van der Waals surface area contributed by atoms with Gasteiger partial charge in [-0.2, -0.15) is 4.98 Å². The van der Waals surface area contributed by atoms with Crippen LogP contribution >= 0.6 is 0 Å². The molecule has 0 radical (unpaired) electrons. The molecule has 2 aliphatic heterocycles. The highest BCUT2D eigenvalue weighted by molar-refractivity contribution is 5.84. The highest BCUT2D eigenvalue weighted by Gasteiger charge is 2.31. The lowest BCUT2D eigenvalue weighted by atomic mass is 10.0. The third-order valence-electron chi connectivity index (χ3n) is 6.19. The van der Waals surface area contributed by atoms with Crippen LogP contribution in [0, 0.1) is 11.6 Å². The number of anilines is 1. The summed E-state index contributed by atoms with van der Waals surface area (Å²) in [4.78, 5) is 8.78. The Kier molecular flexibility index (Phi) is 5.90. The van der Waals surface area contributed by atoms with Gasteiger partial charge in [0.15, 0.2) is 5.82 Å². The van der Waals surface area contributed by atoms with E-state index < -0.39 is 36.1 Å². The van der Waals surface area contributed by atoms with E-state index in [1.807, 2.05) is 4.90 Å². The number of rotatable bonds is 5. The predicted octanol–water partition coefficient (Wildman–Crippen LogP) is 2.95. The number of halogens is 3. The standard InChI is InChI=1S/C23H24F3N3O4/c24-13-5-6-29(9-13)14-3-1-12(2-4-14)20-16(25)8-17-22(21(20)26)28-23(27-17)33-15-7-18(31)19(10-30)32-11-15/h1-4,8,13,15,18-19,30-31H,5-7,9-11H2,(H,27,28). The van der Waals surface area contributed by atoms with Crippen LogP contribution in [0.3, 0.4) is 0 Å². The Bertz CT molecular complexity index is 1140. The van der Waals surface area contributed by atoms with Crippen molar-refractivity contribution in [3.8, 4) is 17.1 Å². The van der Waals surface area contributed by atoms with E-state index >= 15 is 4.39 Å². The zero-order chi connectivity index (χ0) is 23.1. The number of ether oxygens (including phenoxy) is 2. The molecule has 2 fully saturated rings. The fraction of sp³-hybridized carbons (Fsp3) is 0.435. The maximum absolute atomic E-state index is 15.3. The Balaban J connectivity index is 1.38. The first-order chi connectivity index (χ1) is 15.9. The second kappa shape index (κ2) is 8.85. The second-order valence-corrected chi connectivity index (χ2v) is 8.46. The first-order valence-corrected chi connectivity index (χ1v) is 10.9. The molecule has 2 aromatic carbocycles. The third kappa shape index (κ3) is 4.25. The predicted molar refractivity (Wildman–Crippen MR) is 115 cm³/mol. The van der Waals surface area contributed by atoms with E-state index in [1.165, 1.54) is 0 Å². The van der Waals surface area contributed by atoms with Crippen molar-refractivity contribution >= 4 is 16.7 Å². The van der Waals surface area contributed by atoms with E-state index in [9.17, 15) is 13.9 Å². The van der Waals surface area contributed by atoms with Gasteiger partial charge in [0, 0.05) is 31.3 Å². The second-order valence-electron chi connectivity index (χ2n) is 8.46. The Hall–Kier alpha value is -2.82. The summed E-state index contributed by atoms with van der Waals surface area (Å²) in [5.74, 6) is -1.58. The molecule has 3 heterocycles. The lowest BCUT2D eigenvalue weighted by Gasteiger charge is -2.31. The molecule has 0 amide bonds. The van der Waals surface area contributed by atoms with Gasteiger partial charge in [0.05, 0.1) is 30.4 Å². The van der Waals surface area contributed by atoms with Crippen LogP contribution in [0.5, 0.6) is 6.01 Å². The molecule has 2 aliphatic rings. The molecule has 176 valence electrons. The van der Waals surface area contributed by atoms with E-state index in [0.717, 1.165) is 11.8 Å². The fourth-order valence-corrected chi connectivity index (χ4v) is 4.42. The van der Waals surface area contributed by atoms with Crippen molar-refractivity contribution in [2.45, 2.75) is 37.3 Å². The smallest absolute Gasteiger partial charge is 0.295 e. The molecule has 5 rings (SSSR count). The average molecular weight is 463 g/mol. The number of aromatic nitrogens is 2. The van der Waals surface area contributed by atoms with Crippen molar-refractivity contribution in [1.82, 2.24) is 9.97 Å². The molecule has 4 atom stereocenters. The normalized spacial score (nSPS) is 25.7. The lowest BCUT2D eigenvalue weighted by molar-refractivity contribution is -0.131. The number of hydrogen-bond acceptors (Lipinski definition) is 6. The molecular formula is C23H24F3N3O4. The summed E-state index contributed by atoms with van der Waals surface area (Å²) in [5, 5.41) is 19.1. The number of nitrogens with zero attached hydrogens (tertiary/aromatic N) is 2. The number of hydrogen-bond donors (Lipinski definition) is 3. The van der Waals surface area contributed by atoms with Gasteiger partial charge in [-0.1, -0.05) is 12.1 Å². The molecule has 2 saturated heterocycles. The summed E-state index contributed by atoms with van der Waals surface area (Å²) < 4.78 is 54.6. The first kappa shape index (κ1) is 22.0. The molecule has 3 aromatic rings. The maximum Gasteiger partial charge on any atom is 0.295 e. The van der Waals surface area contributed by atoms with E-state index in [0.29, 0.717) is 25.1 Å². The summed E-state index contributed by atoms with van der Waals surface area (Å²) in [6, 6.07) is 7.80. The molecule has 0 bridgehead atoms. The van der Waals surface area contributed by atoms with Crippen LogP contribution in [0.4, 0.5) is 18.9 Å². The highest BCUT2D eigenvalue weighted by atomic mass is 19.1. The minimum absolute atomic E-state index is 0.0196. The molecule has 33 heavy (non-hydrogen) atoms. The zero-order valence-corrected chi connectivity index (χ0v) is 17.7. The Morgan fingerprint density at radius 3 is 2.70 bits per heavy atom. The van der Waals surface area contributed by atoms with Gasteiger partial charge < -0.3 is 29.6 Å². The van der Waals surface area contributed by atoms with E-state index in [-0.39, 0.29) is 42.2 Å². The van der Waals surface area contributed by atoms with Gasteiger partial charge in [0.2, 0.25) is 0 Å². The molecule has 0 saturated carbocycles. The van der Waals surface area contributed by atoms with E-state index in [4.69, 9.17) is 14.6 Å². The van der Waals surface area contributed by atoms with Crippen LogP contribution in [0.1, 0.15) is 12.8 Å². The topological polar surface area (TPSA) is 90.8 Å². The fourth-order valence-electron chi connectivity index (χ4n) is 4.42. The van der Waals surface area contributed by atoms with Crippen LogP contribution in [0.25, 0.3) is 22.2 Å². The van der Waals surface area contributed by atoms with Crippen molar-refractivity contribution < 1.29 is 32.9 Å². The minimum Gasteiger partial charge on any atom is -0.459 e. The molecule has 10 heteroatoms. The number of alkyl halides is 1. The Morgan fingerprint density at radius 1 is 1.24 bits per heavy atom. The first-order valence-electron chi connectivity index (χ1n) is 10.9. The number of imidazole rings is 1. The van der Waals surface area contributed by atoms with Gasteiger partial charge in [-0.15, -0.1) is 0 Å². The molecule has 0 aliphatic carbocycles. The summed E-state index contributed by atoms with van der Waals surface area (Å²) in [6.07, 6.45) is -2.32. The van der Waals surface area contributed by atoms with Gasteiger partial charge >= 0.3 is 0 Å². The molecular weight excluding hydrogens is 439 g/mol. The summed E-state index contributed by atoms with van der Waals surface area (Å²) in [6.45, 7) is 0.734. The van der Waals surface area contributed by atoms with Crippen molar-refractivity contribution in [3.63, 3.8) is 0 Å². The average Bonchev–Trinajstić information content (AvgIpc) is 3.40. The number of nitrogens with one attached hydrogen (secondary N) is 1. The van der Waals surface area contributed by atoms with Crippen molar-refractivity contribution in [2.75, 3.05) is 31.2 Å². The number of aromatic amines is 1. The third-order valence-corrected chi connectivity index (χ3v) is 6.19. The summed E-state index contributed by atoms with van der Waals surface area (Å²) >= 11 is 0. The monoisotopic (exact) mass is 463 g/mol. The summed E-state index contributed by atoms with van der Waals surface area (Å²) in [5.41, 5.74) is 0.999. The van der Waals surface area contributed by atoms with Crippen LogP contribution in [0.2, 0.25) is 0 Å².